The molecule has 4 heteroatoms. The lowest BCUT2D eigenvalue weighted by molar-refractivity contribution is 0.425. The highest BCUT2D eigenvalue weighted by molar-refractivity contribution is 6.31. The van der Waals surface area contributed by atoms with E-state index in [1.54, 1.807) is 0 Å². The number of hydrogen-bond donors (Lipinski definition) is 1. The van der Waals surface area contributed by atoms with E-state index in [-0.39, 0.29) is 0 Å². The average molecular weight is 230 g/mol. The van der Waals surface area contributed by atoms with Crippen LogP contribution < -0.4 is 5.32 Å². The SMILES string of the molecule is Cc1nn(C(C)CNC(C)C)c(C)c1Cl. The fourth-order valence-electron chi connectivity index (χ4n) is 1.56. The summed E-state index contributed by atoms with van der Waals surface area (Å²) in [5.41, 5.74) is 1.96. The van der Waals surface area contributed by atoms with Crippen LogP contribution in [-0.4, -0.2) is 22.4 Å². The van der Waals surface area contributed by atoms with Crippen LogP contribution in [0.5, 0.6) is 0 Å². The minimum Gasteiger partial charge on any atom is -0.312 e. The number of aromatic nitrogens is 2. The number of aryl methyl sites for hydroxylation is 1. The molecule has 1 aromatic rings. The van der Waals surface area contributed by atoms with Gasteiger partial charge in [0.25, 0.3) is 0 Å². The lowest BCUT2D eigenvalue weighted by Gasteiger charge is -2.16. The van der Waals surface area contributed by atoms with Gasteiger partial charge in [-0.1, -0.05) is 25.4 Å². The first-order valence-corrected chi connectivity index (χ1v) is 5.75. The molecule has 1 unspecified atom stereocenters. The van der Waals surface area contributed by atoms with Crippen molar-refractivity contribution in [3.63, 3.8) is 0 Å². The molecule has 0 aliphatic carbocycles. The summed E-state index contributed by atoms with van der Waals surface area (Å²) >= 11 is 6.10. The molecule has 0 spiro atoms. The Bertz CT molecular complexity index is 331. The molecule has 0 bridgehead atoms. The molecular weight excluding hydrogens is 210 g/mol. The summed E-state index contributed by atoms with van der Waals surface area (Å²) in [7, 11) is 0. The average Bonchev–Trinajstić information content (AvgIpc) is 2.42. The van der Waals surface area contributed by atoms with Crippen LogP contribution >= 0.6 is 11.6 Å². The minimum atomic E-state index is 0.332. The second kappa shape index (κ2) is 4.99. The van der Waals surface area contributed by atoms with Crippen LogP contribution in [0.3, 0.4) is 0 Å². The lowest BCUT2D eigenvalue weighted by Crippen LogP contribution is -2.30. The second-order valence-corrected chi connectivity index (χ2v) is 4.72. The van der Waals surface area contributed by atoms with E-state index in [1.165, 1.54) is 0 Å². The van der Waals surface area contributed by atoms with Gasteiger partial charge in [0.2, 0.25) is 0 Å². The van der Waals surface area contributed by atoms with Crippen LogP contribution in [-0.2, 0) is 0 Å². The summed E-state index contributed by atoms with van der Waals surface area (Å²) in [6.07, 6.45) is 0. The predicted molar refractivity (Wildman–Crippen MR) is 64.6 cm³/mol. The van der Waals surface area contributed by atoms with Gasteiger partial charge < -0.3 is 5.32 Å². The zero-order valence-corrected chi connectivity index (χ0v) is 10.9. The van der Waals surface area contributed by atoms with Crippen molar-refractivity contribution in [2.45, 2.75) is 46.7 Å². The van der Waals surface area contributed by atoms with Gasteiger partial charge in [-0.25, -0.2) is 0 Å². The number of hydrogen-bond acceptors (Lipinski definition) is 2. The van der Waals surface area contributed by atoms with Crippen molar-refractivity contribution < 1.29 is 0 Å². The van der Waals surface area contributed by atoms with Gasteiger partial charge in [0, 0.05) is 12.6 Å². The molecule has 0 aromatic carbocycles. The lowest BCUT2D eigenvalue weighted by atomic mass is 10.3. The quantitative estimate of drug-likeness (QED) is 0.861. The van der Waals surface area contributed by atoms with Gasteiger partial charge in [-0.3, -0.25) is 4.68 Å². The molecule has 0 saturated heterocycles. The van der Waals surface area contributed by atoms with Gasteiger partial charge in [-0.05, 0) is 20.8 Å². The van der Waals surface area contributed by atoms with Crippen molar-refractivity contribution in [3.8, 4) is 0 Å². The maximum atomic E-state index is 6.10. The molecule has 0 amide bonds. The zero-order valence-electron chi connectivity index (χ0n) is 10.1. The summed E-state index contributed by atoms with van der Waals surface area (Å²) in [4.78, 5) is 0. The van der Waals surface area contributed by atoms with Gasteiger partial charge in [0.05, 0.1) is 22.5 Å². The molecule has 0 saturated carbocycles. The smallest absolute Gasteiger partial charge is 0.0844 e. The summed E-state index contributed by atoms with van der Waals surface area (Å²) in [5, 5.41) is 8.61. The van der Waals surface area contributed by atoms with Gasteiger partial charge in [-0.2, -0.15) is 5.10 Å². The van der Waals surface area contributed by atoms with E-state index in [0.29, 0.717) is 12.1 Å². The van der Waals surface area contributed by atoms with Crippen LogP contribution in [0.2, 0.25) is 5.02 Å². The molecule has 1 rings (SSSR count). The van der Waals surface area contributed by atoms with E-state index in [0.717, 1.165) is 23.0 Å². The normalized spacial score (nSPS) is 13.5. The summed E-state index contributed by atoms with van der Waals surface area (Å²) < 4.78 is 1.99. The third-order valence-electron chi connectivity index (χ3n) is 2.48. The Morgan fingerprint density at radius 2 is 1.93 bits per heavy atom. The highest BCUT2D eigenvalue weighted by Crippen LogP contribution is 2.21. The molecule has 3 nitrogen and oxygen atoms in total. The van der Waals surface area contributed by atoms with Crippen LogP contribution in [0.1, 0.15) is 38.2 Å². The molecule has 0 fully saturated rings. The summed E-state index contributed by atoms with van der Waals surface area (Å²) in [6, 6.07) is 0.832. The Kier molecular flexibility index (Phi) is 4.17. The Hall–Kier alpha value is -0.540. The molecule has 1 atom stereocenters. The molecule has 86 valence electrons. The van der Waals surface area contributed by atoms with E-state index in [4.69, 9.17) is 11.6 Å². The van der Waals surface area contributed by atoms with E-state index >= 15 is 0 Å². The largest absolute Gasteiger partial charge is 0.312 e. The molecule has 0 aliphatic rings. The Morgan fingerprint density at radius 3 is 2.33 bits per heavy atom. The van der Waals surface area contributed by atoms with Crippen LogP contribution in [0.25, 0.3) is 0 Å². The van der Waals surface area contributed by atoms with Crippen LogP contribution in [0.4, 0.5) is 0 Å². The van der Waals surface area contributed by atoms with E-state index in [1.807, 2.05) is 18.5 Å². The van der Waals surface area contributed by atoms with Gasteiger partial charge >= 0.3 is 0 Å². The van der Waals surface area contributed by atoms with E-state index < -0.39 is 0 Å². The van der Waals surface area contributed by atoms with Crippen molar-refractivity contribution >= 4 is 11.6 Å². The van der Waals surface area contributed by atoms with Crippen molar-refractivity contribution in [2.24, 2.45) is 0 Å². The Balaban J connectivity index is 2.73. The summed E-state index contributed by atoms with van der Waals surface area (Å²) in [5.74, 6) is 0. The molecule has 0 radical (unpaired) electrons. The highest BCUT2D eigenvalue weighted by Gasteiger charge is 2.13. The highest BCUT2D eigenvalue weighted by atomic mass is 35.5. The number of nitrogens with zero attached hydrogens (tertiary/aromatic N) is 2. The first-order valence-electron chi connectivity index (χ1n) is 5.38. The van der Waals surface area contributed by atoms with Crippen molar-refractivity contribution in [1.82, 2.24) is 15.1 Å². The second-order valence-electron chi connectivity index (χ2n) is 4.34. The fourth-order valence-corrected chi connectivity index (χ4v) is 1.69. The minimum absolute atomic E-state index is 0.332. The van der Waals surface area contributed by atoms with E-state index in [2.05, 4.69) is 31.2 Å². The number of nitrogens with one attached hydrogen (secondary N) is 1. The van der Waals surface area contributed by atoms with Crippen LogP contribution in [0, 0.1) is 13.8 Å². The van der Waals surface area contributed by atoms with Crippen molar-refractivity contribution in [3.05, 3.63) is 16.4 Å². The Labute approximate surface area is 96.8 Å². The molecule has 1 N–H and O–H groups in total. The predicted octanol–water partition coefficient (Wildman–Crippen LogP) is 2.71. The van der Waals surface area contributed by atoms with E-state index in [9.17, 15) is 0 Å². The third-order valence-corrected chi connectivity index (χ3v) is 3.02. The maximum Gasteiger partial charge on any atom is 0.0844 e. The molecule has 0 aliphatic heterocycles. The fraction of sp³-hybridized carbons (Fsp3) is 0.727. The summed E-state index contributed by atoms with van der Waals surface area (Å²) in [6.45, 7) is 11.3. The maximum absolute atomic E-state index is 6.10. The van der Waals surface area contributed by atoms with Crippen molar-refractivity contribution in [1.29, 1.82) is 0 Å². The van der Waals surface area contributed by atoms with Crippen molar-refractivity contribution in [2.75, 3.05) is 6.54 Å². The molecular formula is C11H20ClN3. The Morgan fingerprint density at radius 1 is 1.33 bits per heavy atom. The first kappa shape index (κ1) is 12.5. The third kappa shape index (κ3) is 2.95. The monoisotopic (exact) mass is 229 g/mol. The topological polar surface area (TPSA) is 29.9 Å². The molecule has 15 heavy (non-hydrogen) atoms. The number of rotatable bonds is 4. The standard InChI is InChI=1S/C11H20ClN3/c1-7(2)13-6-8(3)15-10(5)11(12)9(4)14-15/h7-8,13H,6H2,1-5H3. The zero-order chi connectivity index (χ0) is 11.6. The van der Waals surface area contributed by atoms with Gasteiger partial charge in [0.15, 0.2) is 0 Å². The molecule has 1 heterocycles. The number of halogens is 1. The van der Waals surface area contributed by atoms with Gasteiger partial charge in [0.1, 0.15) is 0 Å². The molecule has 1 aromatic heterocycles. The van der Waals surface area contributed by atoms with Crippen LogP contribution in [0.15, 0.2) is 0 Å². The van der Waals surface area contributed by atoms with Gasteiger partial charge in [-0.15, -0.1) is 0 Å². The first-order chi connectivity index (χ1) is 6.93.